The molecular weight excluding hydrogens is 400 g/mol. The molecule has 0 radical (unpaired) electrons. The second kappa shape index (κ2) is 14.2. The first-order valence-electron chi connectivity index (χ1n) is 10.2. The smallest absolute Gasteiger partial charge is 0.338 e. The molecule has 0 saturated heterocycles. The third-order valence-corrected chi connectivity index (χ3v) is 4.16. The van der Waals surface area contributed by atoms with E-state index in [1.54, 1.807) is 38.3 Å². The quantitative estimate of drug-likeness (QED) is 0.277. The van der Waals surface area contributed by atoms with Crippen LogP contribution in [0.15, 0.2) is 42.5 Å². The number of carbonyl (C=O) groups excluding carboxylic acids is 1. The average molecular weight is 430 g/mol. The third-order valence-electron chi connectivity index (χ3n) is 4.16. The molecule has 7 nitrogen and oxygen atoms in total. The van der Waals surface area contributed by atoms with Crippen molar-refractivity contribution in [2.75, 3.05) is 53.4 Å². The van der Waals surface area contributed by atoms with Crippen molar-refractivity contribution in [3.05, 3.63) is 59.2 Å². The zero-order chi connectivity index (χ0) is 22.3. The summed E-state index contributed by atoms with van der Waals surface area (Å²) in [7, 11) is 1.63. The van der Waals surface area contributed by atoms with Gasteiger partial charge in [-0.1, -0.05) is 30.4 Å². The summed E-state index contributed by atoms with van der Waals surface area (Å²) in [4.78, 5) is 11.7. The number of phenolic OH excluding ortho intramolecular Hbond substituents is 1. The number of aromatic hydroxyl groups is 1. The zero-order valence-corrected chi connectivity index (χ0v) is 18.0. The number of carbonyl (C=O) groups is 1. The van der Waals surface area contributed by atoms with Crippen molar-refractivity contribution in [3.63, 3.8) is 0 Å². The van der Waals surface area contributed by atoms with E-state index in [0.717, 1.165) is 11.1 Å². The Morgan fingerprint density at radius 1 is 0.871 bits per heavy atom. The second-order valence-corrected chi connectivity index (χ2v) is 6.47. The monoisotopic (exact) mass is 430 g/mol. The van der Waals surface area contributed by atoms with Crippen LogP contribution >= 0.6 is 0 Å². The number of methoxy groups -OCH3 is 1. The van der Waals surface area contributed by atoms with E-state index in [0.29, 0.717) is 57.6 Å². The molecule has 2 rings (SSSR count). The number of rotatable bonds is 14. The minimum Gasteiger partial charge on any atom is -0.504 e. The van der Waals surface area contributed by atoms with Gasteiger partial charge in [-0.3, -0.25) is 0 Å². The summed E-state index contributed by atoms with van der Waals surface area (Å²) in [5, 5.41) is 10.2. The normalized spacial score (nSPS) is 11.0. The lowest BCUT2D eigenvalue weighted by molar-refractivity contribution is 0.0178. The van der Waals surface area contributed by atoms with E-state index in [9.17, 15) is 9.90 Å². The van der Waals surface area contributed by atoms with Crippen LogP contribution in [0.3, 0.4) is 0 Å². The predicted molar refractivity (Wildman–Crippen MR) is 118 cm³/mol. The van der Waals surface area contributed by atoms with Gasteiger partial charge in [0.1, 0.15) is 6.61 Å². The molecule has 0 atom stereocenters. The summed E-state index contributed by atoms with van der Waals surface area (Å²) in [5.41, 5.74) is 2.26. The van der Waals surface area contributed by atoms with Gasteiger partial charge in [0.25, 0.3) is 0 Å². The SMILES string of the molecule is CCOC(=O)c1ccc(C=Cc2ccc(OCCOCCOCCOC)c(O)c2)cc1. The Labute approximate surface area is 183 Å². The molecule has 0 bridgehead atoms. The van der Waals surface area contributed by atoms with Crippen LogP contribution in [0.25, 0.3) is 12.2 Å². The molecular formula is C24H30O7. The van der Waals surface area contributed by atoms with Crippen molar-refractivity contribution in [3.8, 4) is 11.5 Å². The van der Waals surface area contributed by atoms with E-state index in [1.165, 1.54) is 0 Å². The van der Waals surface area contributed by atoms with E-state index < -0.39 is 0 Å². The van der Waals surface area contributed by atoms with Gasteiger partial charge in [-0.05, 0) is 42.3 Å². The Balaban J connectivity index is 1.75. The minimum atomic E-state index is -0.334. The molecule has 2 aromatic rings. The van der Waals surface area contributed by atoms with Crippen LogP contribution in [-0.2, 0) is 18.9 Å². The number of hydrogen-bond donors (Lipinski definition) is 1. The van der Waals surface area contributed by atoms with Gasteiger partial charge in [0, 0.05) is 7.11 Å². The van der Waals surface area contributed by atoms with Gasteiger partial charge in [0.15, 0.2) is 11.5 Å². The van der Waals surface area contributed by atoms with Gasteiger partial charge in [-0.15, -0.1) is 0 Å². The summed E-state index contributed by atoms with van der Waals surface area (Å²) in [6.45, 7) is 4.94. The lowest BCUT2D eigenvalue weighted by Crippen LogP contribution is -2.12. The Bertz CT molecular complexity index is 815. The van der Waals surface area contributed by atoms with E-state index in [4.69, 9.17) is 23.7 Å². The van der Waals surface area contributed by atoms with Crippen molar-refractivity contribution >= 4 is 18.1 Å². The summed E-state index contributed by atoms with van der Waals surface area (Å²) < 4.78 is 26.1. The highest BCUT2D eigenvalue weighted by Gasteiger charge is 2.05. The molecule has 2 aromatic carbocycles. The number of esters is 1. The molecule has 168 valence electrons. The zero-order valence-electron chi connectivity index (χ0n) is 18.0. The van der Waals surface area contributed by atoms with Gasteiger partial charge >= 0.3 is 5.97 Å². The van der Waals surface area contributed by atoms with Crippen LogP contribution in [0.1, 0.15) is 28.4 Å². The first-order chi connectivity index (χ1) is 15.1. The predicted octanol–water partition coefficient (Wildman–Crippen LogP) is 3.80. The van der Waals surface area contributed by atoms with Gasteiger partial charge in [0.05, 0.1) is 45.2 Å². The second-order valence-electron chi connectivity index (χ2n) is 6.47. The fourth-order valence-corrected chi connectivity index (χ4v) is 2.57. The molecule has 0 fully saturated rings. The molecule has 0 saturated carbocycles. The number of hydrogen-bond acceptors (Lipinski definition) is 7. The lowest BCUT2D eigenvalue weighted by atomic mass is 10.1. The fourth-order valence-electron chi connectivity index (χ4n) is 2.57. The topological polar surface area (TPSA) is 83.5 Å². The van der Waals surface area contributed by atoms with Gasteiger partial charge in [-0.2, -0.15) is 0 Å². The molecule has 0 spiro atoms. The standard InChI is InChI=1S/C24H30O7/c1-3-30-24(26)21-9-6-19(7-10-21)4-5-20-8-11-23(22(25)18-20)31-17-16-29-15-14-28-13-12-27-2/h4-11,18,25H,3,12-17H2,1-2H3. The molecule has 0 amide bonds. The van der Waals surface area contributed by atoms with Crippen molar-refractivity contribution in [1.29, 1.82) is 0 Å². The minimum absolute atomic E-state index is 0.0581. The van der Waals surface area contributed by atoms with E-state index >= 15 is 0 Å². The largest absolute Gasteiger partial charge is 0.504 e. The molecule has 0 aliphatic carbocycles. The lowest BCUT2D eigenvalue weighted by Gasteiger charge is -2.09. The van der Waals surface area contributed by atoms with Crippen LogP contribution in [0, 0.1) is 0 Å². The fraction of sp³-hybridized carbons (Fsp3) is 0.375. The molecule has 0 aromatic heterocycles. The average Bonchev–Trinajstić information content (AvgIpc) is 2.78. The first-order valence-corrected chi connectivity index (χ1v) is 10.2. The van der Waals surface area contributed by atoms with Gasteiger partial charge in [0.2, 0.25) is 0 Å². The van der Waals surface area contributed by atoms with Crippen molar-refractivity contribution < 1.29 is 33.6 Å². The summed E-state index contributed by atoms with van der Waals surface area (Å²) in [6, 6.07) is 12.3. The molecule has 0 aliphatic rings. The Kier molecular flexibility index (Phi) is 11.2. The molecule has 0 unspecified atom stereocenters. The van der Waals surface area contributed by atoms with Gasteiger partial charge < -0.3 is 28.8 Å². The van der Waals surface area contributed by atoms with Gasteiger partial charge in [-0.25, -0.2) is 4.79 Å². The Morgan fingerprint density at radius 3 is 2.13 bits per heavy atom. The molecule has 7 heteroatoms. The first kappa shape index (κ1) is 24.4. The summed E-state index contributed by atoms with van der Waals surface area (Å²) in [5.74, 6) is 0.123. The Hall–Kier alpha value is -2.87. The number of ether oxygens (including phenoxy) is 5. The highest BCUT2D eigenvalue weighted by Crippen LogP contribution is 2.27. The van der Waals surface area contributed by atoms with E-state index in [1.807, 2.05) is 30.4 Å². The maximum absolute atomic E-state index is 11.7. The molecule has 1 N–H and O–H groups in total. The van der Waals surface area contributed by atoms with Crippen LogP contribution in [0.2, 0.25) is 0 Å². The highest BCUT2D eigenvalue weighted by molar-refractivity contribution is 5.89. The van der Waals surface area contributed by atoms with E-state index in [2.05, 4.69) is 0 Å². The van der Waals surface area contributed by atoms with Crippen LogP contribution in [-0.4, -0.2) is 64.4 Å². The highest BCUT2D eigenvalue weighted by atomic mass is 16.6. The van der Waals surface area contributed by atoms with Crippen molar-refractivity contribution in [2.24, 2.45) is 0 Å². The Morgan fingerprint density at radius 2 is 1.48 bits per heavy atom. The van der Waals surface area contributed by atoms with Crippen LogP contribution in [0.4, 0.5) is 0 Å². The van der Waals surface area contributed by atoms with Crippen LogP contribution < -0.4 is 4.74 Å². The summed E-state index contributed by atoms with van der Waals surface area (Å²) >= 11 is 0. The maximum Gasteiger partial charge on any atom is 0.338 e. The maximum atomic E-state index is 11.7. The number of phenols is 1. The van der Waals surface area contributed by atoms with Crippen molar-refractivity contribution in [2.45, 2.75) is 6.92 Å². The molecule has 0 aliphatic heterocycles. The third kappa shape index (κ3) is 9.21. The summed E-state index contributed by atoms with van der Waals surface area (Å²) in [6.07, 6.45) is 3.77. The van der Waals surface area contributed by atoms with E-state index in [-0.39, 0.29) is 11.7 Å². The number of benzene rings is 2. The van der Waals surface area contributed by atoms with Crippen LogP contribution in [0.5, 0.6) is 11.5 Å². The molecule has 0 heterocycles. The molecule has 31 heavy (non-hydrogen) atoms. The van der Waals surface area contributed by atoms with Crippen molar-refractivity contribution in [1.82, 2.24) is 0 Å².